The first kappa shape index (κ1) is 30.1. The number of carboxylic acids is 2. The van der Waals surface area contributed by atoms with E-state index in [0.29, 0.717) is 11.4 Å². The number of nitrogens with zero attached hydrogens (tertiary/aromatic N) is 1. The molecule has 0 unspecified atom stereocenters. The number of aliphatic carboxylic acids is 2. The predicted molar refractivity (Wildman–Crippen MR) is 143 cm³/mol. The first-order valence-corrected chi connectivity index (χ1v) is 11.8. The zero-order valence-corrected chi connectivity index (χ0v) is 21.3. The minimum absolute atomic E-state index is 0.00862. The first-order valence-electron chi connectivity index (χ1n) is 11.8. The number of anilines is 2. The Balaban J connectivity index is 0.000000587. The number of rotatable bonds is 7. The van der Waals surface area contributed by atoms with Crippen molar-refractivity contribution in [2.45, 2.75) is 25.6 Å². The lowest BCUT2D eigenvalue weighted by atomic mass is 10.0. The van der Waals surface area contributed by atoms with Gasteiger partial charge in [-0.3, -0.25) is 4.79 Å². The van der Waals surface area contributed by atoms with Crippen molar-refractivity contribution in [2.24, 2.45) is 0 Å². The maximum Gasteiger partial charge on any atom is 0.490 e. The second-order valence-electron chi connectivity index (χ2n) is 8.57. The number of para-hydroxylation sites is 1. The van der Waals surface area contributed by atoms with E-state index in [1.807, 2.05) is 49.4 Å². The number of hydrogen-bond donors (Lipinski definition) is 6. The number of imidazole rings is 1. The van der Waals surface area contributed by atoms with E-state index in [4.69, 9.17) is 9.90 Å². The maximum absolute atomic E-state index is 13.2. The molecule has 1 heterocycles. The minimum Gasteiger partial charge on any atom is -0.480 e. The van der Waals surface area contributed by atoms with E-state index in [1.165, 1.54) is 6.33 Å². The molecule has 3 aromatic carbocycles. The van der Waals surface area contributed by atoms with Gasteiger partial charge in [0.25, 0.3) is 5.91 Å². The van der Waals surface area contributed by atoms with E-state index < -0.39 is 36.1 Å². The number of amides is 3. The zero-order valence-electron chi connectivity index (χ0n) is 21.3. The summed E-state index contributed by atoms with van der Waals surface area (Å²) in [6.07, 6.45) is -2.07. The Bertz CT molecular complexity index is 1560. The molecule has 3 amide bonds. The van der Waals surface area contributed by atoms with Gasteiger partial charge in [-0.05, 0) is 41.5 Å². The van der Waals surface area contributed by atoms with Crippen LogP contribution in [0.15, 0.2) is 73.2 Å². The fourth-order valence-corrected chi connectivity index (χ4v) is 3.57. The van der Waals surface area contributed by atoms with Crippen molar-refractivity contribution in [1.29, 1.82) is 0 Å². The Kier molecular flexibility index (Phi) is 9.63. The molecule has 41 heavy (non-hydrogen) atoms. The number of hydrogen-bond acceptors (Lipinski definition) is 5. The van der Waals surface area contributed by atoms with Crippen LogP contribution in [0.1, 0.15) is 21.6 Å². The van der Waals surface area contributed by atoms with Gasteiger partial charge in [-0.2, -0.15) is 13.2 Å². The molecule has 6 N–H and O–H groups in total. The number of nitrogens with one attached hydrogen (secondary N) is 4. The summed E-state index contributed by atoms with van der Waals surface area (Å²) in [5.41, 5.74) is 2.42. The van der Waals surface area contributed by atoms with Gasteiger partial charge in [-0.15, -0.1) is 0 Å². The van der Waals surface area contributed by atoms with Gasteiger partial charge in [-0.25, -0.2) is 19.4 Å². The van der Waals surface area contributed by atoms with Crippen molar-refractivity contribution in [3.05, 3.63) is 90.0 Å². The summed E-state index contributed by atoms with van der Waals surface area (Å²) < 4.78 is 31.7. The molecule has 1 aromatic heterocycles. The summed E-state index contributed by atoms with van der Waals surface area (Å²) in [5.74, 6) is -4.57. The van der Waals surface area contributed by atoms with E-state index in [1.54, 1.807) is 24.4 Å². The topological polar surface area (TPSA) is 174 Å². The lowest BCUT2D eigenvalue weighted by molar-refractivity contribution is -0.192. The summed E-state index contributed by atoms with van der Waals surface area (Å²) in [7, 11) is 0. The van der Waals surface area contributed by atoms with Crippen LogP contribution in [0.25, 0.3) is 10.8 Å². The van der Waals surface area contributed by atoms with Gasteiger partial charge < -0.3 is 31.1 Å². The third-order valence-corrected chi connectivity index (χ3v) is 5.59. The molecule has 0 fully saturated rings. The fraction of sp³-hybridized carbons (Fsp3) is 0.148. The molecule has 4 rings (SSSR count). The molecule has 0 aliphatic rings. The van der Waals surface area contributed by atoms with Crippen molar-refractivity contribution >= 4 is 46.0 Å². The number of aryl methyl sites for hydroxylation is 1. The predicted octanol–water partition coefficient (Wildman–Crippen LogP) is 4.57. The molecule has 0 radical (unpaired) electrons. The summed E-state index contributed by atoms with van der Waals surface area (Å²) in [6, 6.07) is 16.3. The number of urea groups is 1. The number of carboxylic acid groups (broad SMARTS) is 2. The Labute approximate surface area is 230 Å². The molecule has 214 valence electrons. The highest BCUT2D eigenvalue weighted by Crippen LogP contribution is 2.25. The van der Waals surface area contributed by atoms with Crippen molar-refractivity contribution in [3.8, 4) is 0 Å². The number of carbonyl (C=O) groups excluding carboxylic acids is 2. The number of aromatic amines is 1. The second kappa shape index (κ2) is 13.1. The lowest BCUT2D eigenvalue weighted by Gasteiger charge is -2.17. The standard InChI is InChI=1S/C25H23N5O4.C2HF3O2/c1-15-6-2-5-9-20(15)29-25(34)30-21-11-17-8-4-3-7-16(17)10-19(21)23(31)28-22(24(32)33)12-18-13-26-14-27-18;3-2(4,5)1(6)7/h2-11,13-14,22H,12H2,1H3,(H,26,27)(H,28,31)(H,32,33)(H2,29,30,34);(H,6,7)/t22-;/m0./s1. The molecule has 0 spiro atoms. The van der Waals surface area contributed by atoms with E-state index in [0.717, 1.165) is 16.3 Å². The van der Waals surface area contributed by atoms with Crippen LogP contribution >= 0.6 is 0 Å². The van der Waals surface area contributed by atoms with Gasteiger partial charge in [-0.1, -0.05) is 42.5 Å². The highest BCUT2D eigenvalue weighted by molar-refractivity contribution is 6.10. The molecule has 0 aliphatic heterocycles. The third kappa shape index (κ3) is 8.54. The molecule has 0 aliphatic carbocycles. The average molecular weight is 572 g/mol. The Morgan fingerprint density at radius 1 is 0.927 bits per heavy atom. The SMILES string of the molecule is Cc1ccccc1NC(=O)Nc1cc2ccccc2cc1C(=O)N[C@@H](Cc1c[nH]cn1)C(=O)O.O=C(O)C(F)(F)F. The highest BCUT2D eigenvalue weighted by Gasteiger charge is 2.38. The van der Waals surface area contributed by atoms with Gasteiger partial charge in [0.1, 0.15) is 6.04 Å². The Morgan fingerprint density at radius 3 is 2.07 bits per heavy atom. The van der Waals surface area contributed by atoms with Crippen LogP contribution in [0.3, 0.4) is 0 Å². The Morgan fingerprint density at radius 2 is 1.51 bits per heavy atom. The van der Waals surface area contributed by atoms with Crippen molar-refractivity contribution < 1.29 is 42.6 Å². The fourth-order valence-electron chi connectivity index (χ4n) is 3.57. The zero-order chi connectivity index (χ0) is 30.2. The first-order chi connectivity index (χ1) is 19.3. The summed E-state index contributed by atoms with van der Waals surface area (Å²) >= 11 is 0. The van der Waals surface area contributed by atoms with Gasteiger partial charge in [0.2, 0.25) is 0 Å². The van der Waals surface area contributed by atoms with Gasteiger partial charge in [0, 0.05) is 18.3 Å². The van der Waals surface area contributed by atoms with E-state index in [-0.39, 0.29) is 17.7 Å². The highest BCUT2D eigenvalue weighted by atomic mass is 19.4. The number of fused-ring (bicyclic) bond motifs is 1. The quantitative estimate of drug-likeness (QED) is 0.188. The van der Waals surface area contributed by atoms with Crippen LogP contribution in [-0.2, 0) is 16.0 Å². The number of aromatic nitrogens is 2. The van der Waals surface area contributed by atoms with E-state index >= 15 is 0 Å². The maximum atomic E-state index is 13.2. The minimum atomic E-state index is -5.08. The van der Waals surface area contributed by atoms with Gasteiger partial charge in [0.05, 0.1) is 23.3 Å². The molecule has 11 nitrogen and oxygen atoms in total. The molecular weight excluding hydrogens is 547 g/mol. The lowest BCUT2D eigenvalue weighted by Crippen LogP contribution is -2.42. The summed E-state index contributed by atoms with van der Waals surface area (Å²) in [5, 5.41) is 26.4. The third-order valence-electron chi connectivity index (χ3n) is 5.59. The smallest absolute Gasteiger partial charge is 0.480 e. The number of halogens is 3. The van der Waals surface area contributed by atoms with Crippen LogP contribution in [0, 0.1) is 6.92 Å². The van der Waals surface area contributed by atoms with E-state index in [9.17, 15) is 32.7 Å². The number of alkyl halides is 3. The summed E-state index contributed by atoms with van der Waals surface area (Å²) in [4.78, 5) is 53.4. The van der Waals surface area contributed by atoms with Crippen LogP contribution in [0.4, 0.5) is 29.3 Å². The molecule has 4 aromatic rings. The monoisotopic (exact) mass is 571 g/mol. The average Bonchev–Trinajstić information content (AvgIpc) is 3.42. The largest absolute Gasteiger partial charge is 0.490 e. The van der Waals surface area contributed by atoms with Crippen molar-refractivity contribution in [2.75, 3.05) is 10.6 Å². The van der Waals surface area contributed by atoms with Gasteiger partial charge >= 0.3 is 24.1 Å². The van der Waals surface area contributed by atoms with Crippen LogP contribution in [0.2, 0.25) is 0 Å². The molecular formula is C27H24F3N5O6. The van der Waals surface area contributed by atoms with Crippen LogP contribution < -0.4 is 16.0 Å². The normalized spacial score (nSPS) is 11.5. The van der Waals surface area contributed by atoms with Crippen molar-refractivity contribution in [1.82, 2.24) is 15.3 Å². The van der Waals surface area contributed by atoms with Gasteiger partial charge in [0.15, 0.2) is 0 Å². The molecule has 0 bridgehead atoms. The van der Waals surface area contributed by atoms with Crippen LogP contribution in [0.5, 0.6) is 0 Å². The Hall–Kier alpha value is -5.40. The number of carbonyl (C=O) groups is 4. The second-order valence-corrected chi connectivity index (χ2v) is 8.57. The van der Waals surface area contributed by atoms with Crippen molar-refractivity contribution in [3.63, 3.8) is 0 Å². The van der Waals surface area contributed by atoms with Crippen LogP contribution in [-0.4, -0.2) is 56.3 Å². The number of H-pyrrole nitrogens is 1. The number of benzene rings is 3. The molecule has 1 atom stereocenters. The molecule has 0 saturated heterocycles. The molecule has 0 saturated carbocycles. The molecule has 14 heteroatoms. The van der Waals surface area contributed by atoms with E-state index in [2.05, 4.69) is 25.9 Å². The summed E-state index contributed by atoms with van der Waals surface area (Å²) in [6.45, 7) is 1.87.